The first-order valence-electron chi connectivity index (χ1n) is 8.91. The first-order chi connectivity index (χ1) is 13.3. The monoisotopic (exact) mass is 418 g/mol. The Labute approximate surface area is 173 Å². The fourth-order valence-corrected chi connectivity index (χ4v) is 4.41. The minimum atomic E-state index is -0.505. The summed E-state index contributed by atoms with van der Waals surface area (Å²) in [6, 6.07) is 5.28. The van der Waals surface area contributed by atoms with Gasteiger partial charge in [0.25, 0.3) is 0 Å². The van der Waals surface area contributed by atoms with Crippen LogP contribution in [-0.4, -0.2) is 44.2 Å². The van der Waals surface area contributed by atoms with Gasteiger partial charge in [0, 0.05) is 30.1 Å². The van der Waals surface area contributed by atoms with Gasteiger partial charge in [-0.15, -0.1) is 11.8 Å². The third-order valence-electron chi connectivity index (χ3n) is 4.83. The van der Waals surface area contributed by atoms with E-state index in [9.17, 15) is 9.59 Å². The van der Waals surface area contributed by atoms with Crippen LogP contribution in [0.2, 0.25) is 5.15 Å². The van der Waals surface area contributed by atoms with Crippen molar-refractivity contribution in [3.05, 3.63) is 51.8 Å². The molecule has 6 nitrogen and oxygen atoms in total. The second kappa shape index (κ2) is 8.41. The van der Waals surface area contributed by atoms with Gasteiger partial charge in [0.2, 0.25) is 11.8 Å². The number of nitrogens with one attached hydrogen (secondary N) is 1. The number of carbonyl (C=O) groups is 2. The SMILES string of the molecule is Cc1ccc(NC(=O)C2CSCN2C(=O)C=Cc2c(C)nn(C)c2Cl)cc1C. The van der Waals surface area contributed by atoms with Gasteiger partial charge in [-0.3, -0.25) is 14.3 Å². The lowest BCUT2D eigenvalue weighted by molar-refractivity contribution is -0.132. The third-order valence-corrected chi connectivity index (χ3v) is 6.29. The normalized spacial score (nSPS) is 16.8. The van der Waals surface area contributed by atoms with Gasteiger partial charge in [0.1, 0.15) is 11.2 Å². The summed E-state index contributed by atoms with van der Waals surface area (Å²) >= 11 is 7.77. The molecule has 0 aliphatic carbocycles. The molecule has 1 unspecified atom stereocenters. The van der Waals surface area contributed by atoms with Crippen molar-refractivity contribution in [3.63, 3.8) is 0 Å². The van der Waals surface area contributed by atoms with Crippen LogP contribution < -0.4 is 5.32 Å². The molecule has 3 rings (SSSR count). The Bertz CT molecular complexity index is 954. The standard InChI is InChI=1S/C20H23ClN4O2S/c1-12-5-6-15(9-13(12)2)22-20(27)17-10-28-11-25(17)18(26)8-7-16-14(3)23-24(4)19(16)21/h5-9,17H,10-11H2,1-4H3,(H,22,27). The summed E-state index contributed by atoms with van der Waals surface area (Å²) < 4.78 is 1.56. The van der Waals surface area contributed by atoms with Crippen LogP contribution in [-0.2, 0) is 16.6 Å². The van der Waals surface area contributed by atoms with Crippen LogP contribution in [0.4, 0.5) is 5.69 Å². The number of benzene rings is 1. The number of aryl methyl sites for hydroxylation is 4. The van der Waals surface area contributed by atoms with Crippen molar-refractivity contribution >= 4 is 46.9 Å². The molecule has 1 aliphatic rings. The minimum Gasteiger partial charge on any atom is -0.324 e. The maximum absolute atomic E-state index is 12.7. The van der Waals surface area contributed by atoms with Gasteiger partial charge in [-0.05, 0) is 50.1 Å². The Balaban J connectivity index is 1.70. The number of thioether (sulfide) groups is 1. The number of carbonyl (C=O) groups excluding carboxylic acids is 2. The zero-order valence-corrected chi connectivity index (χ0v) is 17.9. The Morgan fingerprint density at radius 1 is 1.29 bits per heavy atom. The summed E-state index contributed by atoms with van der Waals surface area (Å²) in [4.78, 5) is 27.0. The highest BCUT2D eigenvalue weighted by Crippen LogP contribution is 2.25. The Morgan fingerprint density at radius 2 is 2.04 bits per heavy atom. The summed E-state index contributed by atoms with van der Waals surface area (Å²) in [6.45, 7) is 5.86. The van der Waals surface area contributed by atoms with Gasteiger partial charge in [0.05, 0.1) is 11.6 Å². The molecule has 1 aromatic carbocycles. The molecule has 0 bridgehead atoms. The van der Waals surface area contributed by atoms with E-state index in [0.29, 0.717) is 22.3 Å². The smallest absolute Gasteiger partial charge is 0.248 e. The summed E-state index contributed by atoms with van der Waals surface area (Å²) in [5, 5.41) is 7.63. The van der Waals surface area contributed by atoms with Gasteiger partial charge in [-0.1, -0.05) is 17.7 Å². The molecule has 2 heterocycles. The molecule has 0 spiro atoms. The zero-order valence-electron chi connectivity index (χ0n) is 16.3. The Kier molecular flexibility index (Phi) is 6.15. The van der Waals surface area contributed by atoms with Gasteiger partial charge < -0.3 is 10.2 Å². The van der Waals surface area contributed by atoms with Gasteiger partial charge in [-0.25, -0.2) is 0 Å². The average molecular weight is 419 g/mol. The molecule has 2 aromatic rings. The summed E-state index contributed by atoms with van der Waals surface area (Å²) in [5.41, 5.74) is 4.47. The molecule has 2 amide bonds. The number of halogens is 1. The first kappa shape index (κ1) is 20.5. The maximum Gasteiger partial charge on any atom is 0.248 e. The second-order valence-corrected chi connectivity index (χ2v) is 8.22. The fraction of sp³-hybridized carbons (Fsp3) is 0.350. The predicted octanol–water partition coefficient (Wildman–Crippen LogP) is 3.55. The Hall–Kier alpha value is -2.25. The van der Waals surface area contributed by atoms with Crippen molar-refractivity contribution in [2.45, 2.75) is 26.8 Å². The highest BCUT2D eigenvalue weighted by molar-refractivity contribution is 7.99. The lowest BCUT2D eigenvalue weighted by atomic mass is 10.1. The predicted molar refractivity (Wildman–Crippen MR) is 114 cm³/mol. The molecule has 1 aromatic heterocycles. The largest absolute Gasteiger partial charge is 0.324 e. The van der Waals surface area contributed by atoms with Crippen molar-refractivity contribution in [1.82, 2.24) is 14.7 Å². The number of aromatic nitrogens is 2. The number of rotatable bonds is 4. The molecule has 148 valence electrons. The molecular formula is C20H23ClN4O2S. The van der Waals surface area contributed by atoms with Crippen LogP contribution in [0.5, 0.6) is 0 Å². The lowest BCUT2D eigenvalue weighted by Gasteiger charge is -2.22. The molecule has 28 heavy (non-hydrogen) atoms. The van der Waals surface area contributed by atoms with Crippen LogP contribution in [0, 0.1) is 20.8 Å². The van der Waals surface area contributed by atoms with E-state index in [1.807, 2.05) is 39.0 Å². The van der Waals surface area contributed by atoms with E-state index in [2.05, 4.69) is 10.4 Å². The van der Waals surface area contributed by atoms with E-state index in [0.717, 1.165) is 16.9 Å². The molecule has 1 N–H and O–H groups in total. The summed E-state index contributed by atoms with van der Waals surface area (Å²) in [5.74, 6) is 0.659. The van der Waals surface area contributed by atoms with Crippen molar-refractivity contribution in [3.8, 4) is 0 Å². The number of amides is 2. The first-order valence-corrected chi connectivity index (χ1v) is 10.4. The average Bonchev–Trinajstić information content (AvgIpc) is 3.22. The molecular weight excluding hydrogens is 396 g/mol. The van der Waals surface area contributed by atoms with Crippen LogP contribution >= 0.6 is 23.4 Å². The highest BCUT2D eigenvalue weighted by Gasteiger charge is 2.33. The van der Waals surface area contributed by atoms with Gasteiger partial charge in [0.15, 0.2) is 0 Å². The fourth-order valence-electron chi connectivity index (χ4n) is 3.01. The van der Waals surface area contributed by atoms with Crippen LogP contribution in [0.25, 0.3) is 6.08 Å². The van der Waals surface area contributed by atoms with E-state index in [4.69, 9.17) is 11.6 Å². The molecule has 0 saturated carbocycles. The van der Waals surface area contributed by atoms with E-state index in [1.54, 1.807) is 34.5 Å². The molecule has 8 heteroatoms. The van der Waals surface area contributed by atoms with E-state index in [-0.39, 0.29) is 11.8 Å². The maximum atomic E-state index is 12.7. The number of anilines is 1. The molecule has 1 fully saturated rings. The molecule has 0 radical (unpaired) electrons. The molecule has 1 saturated heterocycles. The number of hydrogen-bond acceptors (Lipinski definition) is 4. The van der Waals surface area contributed by atoms with Crippen molar-refractivity contribution < 1.29 is 9.59 Å². The lowest BCUT2D eigenvalue weighted by Crippen LogP contribution is -2.43. The van der Waals surface area contributed by atoms with Gasteiger partial charge >= 0.3 is 0 Å². The van der Waals surface area contributed by atoms with E-state index >= 15 is 0 Å². The van der Waals surface area contributed by atoms with Crippen LogP contribution in [0.1, 0.15) is 22.4 Å². The Morgan fingerprint density at radius 3 is 2.68 bits per heavy atom. The quantitative estimate of drug-likeness (QED) is 0.771. The number of nitrogens with zero attached hydrogens (tertiary/aromatic N) is 3. The van der Waals surface area contributed by atoms with Gasteiger partial charge in [-0.2, -0.15) is 5.10 Å². The van der Waals surface area contributed by atoms with Crippen LogP contribution in [0.3, 0.4) is 0 Å². The summed E-state index contributed by atoms with van der Waals surface area (Å²) in [7, 11) is 1.75. The minimum absolute atomic E-state index is 0.175. The second-order valence-electron chi connectivity index (χ2n) is 6.86. The van der Waals surface area contributed by atoms with Crippen molar-refractivity contribution in [2.24, 2.45) is 7.05 Å². The van der Waals surface area contributed by atoms with Crippen LogP contribution in [0.15, 0.2) is 24.3 Å². The van der Waals surface area contributed by atoms with E-state index in [1.165, 1.54) is 11.6 Å². The van der Waals surface area contributed by atoms with Crippen molar-refractivity contribution in [2.75, 3.05) is 16.9 Å². The molecule has 1 aliphatic heterocycles. The molecule has 1 atom stereocenters. The summed E-state index contributed by atoms with van der Waals surface area (Å²) in [6.07, 6.45) is 3.12. The number of hydrogen-bond donors (Lipinski definition) is 1. The topological polar surface area (TPSA) is 67.2 Å². The van der Waals surface area contributed by atoms with E-state index < -0.39 is 6.04 Å². The third kappa shape index (κ3) is 4.25. The van der Waals surface area contributed by atoms with Crippen molar-refractivity contribution in [1.29, 1.82) is 0 Å². The zero-order chi connectivity index (χ0) is 20.4. The highest BCUT2D eigenvalue weighted by atomic mass is 35.5.